The number of nitrogens with zero attached hydrogens (tertiary/aromatic N) is 4. The van der Waals surface area contributed by atoms with E-state index in [1.807, 2.05) is 19.1 Å². The summed E-state index contributed by atoms with van der Waals surface area (Å²) in [6.45, 7) is 8.57. The van der Waals surface area contributed by atoms with Crippen molar-refractivity contribution < 1.29 is 4.74 Å². The normalized spacial score (nSPS) is 21.3. The fourth-order valence-electron chi connectivity index (χ4n) is 3.74. The first kappa shape index (κ1) is 17.7. The second-order valence-corrected chi connectivity index (χ2v) is 7.59. The maximum absolute atomic E-state index is 6.10. The molecule has 1 aromatic heterocycles. The number of piperazine rings is 1. The number of hydrogen-bond acceptors (Lipinski definition) is 5. The highest BCUT2D eigenvalue weighted by Crippen LogP contribution is 2.26. The maximum atomic E-state index is 6.10. The third-order valence-corrected chi connectivity index (χ3v) is 5.42. The molecular formula is C20H25ClN4O. The SMILES string of the molecule is Cc1nc([C@@H]2CCOC2)cc(N2CCN(Cc3cccc(Cl)c3)CC2)n1. The van der Waals surface area contributed by atoms with Crippen molar-refractivity contribution in [2.75, 3.05) is 44.3 Å². The molecule has 1 aromatic carbocycles. The van der Waals surface area contributed by atoms with Gasteiger partial charge in [-0.3, -0.25) is 4.90 Å². The topological polar surface area (TPSA) is 41.5 Å². The summed E-state index contributed by atoms with van der Waals surface area (Å²) < 4.78 is 5.53. The highest BCUT2D eigenvalue weighted by atomic mass is 35.5. The van der Waals surface area contributed by atoms with Gasteiger partial charge in [0.25, 0.3) is 0 Å². The summed E-state index contributed by atoms with van der Waals surface area (Å²) in [4.78, 5) is 14.2. The molecule has 2 aromatic rings. The van der Waals surface area contributed by atoms with Gasteiger partial charge >= 0.3 is 0 Å². The molecule has 26 heavy (non-hydrogen) atoms. The summed E-state index contributed by atoms with van der Waals surface area (Å²) in [6, 6.07) is 10.3. The lowest BCUT2D eigenvalue weighted by Crippen LogP contribution is -2.46. The number of aryl methyl sites for hydroxylation is 1. The summed E-state index contributed by atoms with van der Waals surface area (Å²) in [5, 5.41) is 0.806. The van der Waals surface area contributed by atoms with E-state index in [1.54, 1.807) is 0 Å². The standard InChI is InChI=1S/C20H25ClN4O/c1-15-22-19(17-5-10-26-14-17)12-20(23-15)25-8-6-24(7-9-25)13-16-3-2-4-18(21)11-16/h2-4,11-12,17H,5-10,13-14H2,1H3/t17-/m1/s1. The van der Waals surface area contributed by atoms with Crippen molar-refractivity contribution >= 4 is 17.4 Å². The molecule has 3 heterocycles. The molecule has 2 saturated heterocycles. The van der Waals surface area contributed by atoms with E-state index in [4.69, 9.17) is 16.3 Å². The van der Waals surface area contributed by atoms with Crippen molar-refractivity contribution in [3.63, 3.8) is 0 Å². The molecule has 0 aliphatic carbocycles. The highest BCUT2D eigenvalue weighted by Gasteiger charge is 2.23. The summed E-state index contributed by atoms with van der Waals surface area (Å²) in [6.07, 6.45) is 1.06. The van der Waals surface area contributed by atoms with E-state index in [0.717, 1.165) is 74.7 Å². The van der Waals surface area contributed by atoms with Crippen LogP contribution in [0.1, 0.15) is 29.4 Å². The lowest BCUT2D eigenvalue weighted by Gasteiger charge is -2.35. The van der Waals surface area contributed by atoms with E-state index in [0.29, 0.717) is 5.92 Å². The number of halogens is 1. The van der Waals surface area contributed by atoms with Gasteiger partial charge in [-0.2, -0.15) is 0 Å². The number of aromatic nitrogens is 2. The summed E-state index contributed by atoms with van der Waals surface area (Å²) >= 11 is 6.10. The predicted molar refractivity (Wildman–Crippen MR) is 104 cm³/mol. The molecule has 0 saturated carbocycles. The number of benzene rings is 1. The van der Waals surface area contributed by atoms with Gasteiger partial charge in [0.15, 0.2) is 0 Å². The number of hydrogen-bond donors (Lipinski definition) is 0. The van der Waals surface area contributed by atoms with Crippen LogP contribution >= 0.6 is 11.6 Å². The minimum atomic E-state index is 0.416. The van der Waals surface area contributed by atoms with Gasteiger partial charge in [-0.25, -0.2) is 9.97 Å². The van der Waals surface area contributed by atoms with Crippen LogP contribution in [0.25, 0.3) is 0 Å². The minimum Gasteiger partial charge on any atom is -0.381 e. The zero-order chi connectivity index (χ0) is 17.9. The average Bonchev–Trinajstić information content (AvgIpc) is 3.17. The fraction of sp³-hybridized carbons (Fsp3) is 0.500. The van der Waals surface area contributed by atoms with Crippen LogP contribution < -0.4 is 4.90 Å². The van der Waals surface area contributed by atoms with E-state index < -0.39 is 0 Å². The van der Waals surface area contributed by atoms with Gasteiger partial charge in [-0.15, -0.1) is 0 Å². The predicted octanol–water partition coefficient (Wildman–Crippen LogP) is 3.26. The first-order valence-electron chi connectivity index (χ1n) is 9.32. The molecule has 0 amide bonds. The molecule has 0 radical (unpaired) electrons. The zero-order valence-electron chi connectivity index (χ0n) is 15.2. The van der Waals surface area contributed by atoms with Gasteiger partial charge in [0.05, 0.1) is 12.3 Å². The Morgan fingerprint density at radius 2 is 2.00 bits per heavy atom. The first-order valence-corrected chi connectivity index (χ1v) is 9.70. The lowest BCUT2D eigenvalue weighted by atomic mass is 10.0. The number of ether oxygens (including phenoxy) is 1. The Kier molecular flexibility index (Phi) is 5.38. The van der Waals surface area contributed by atoms with Crippen LogP contribution in [0.3, 0.4) is 0 Å². The van der Waals surface area contributed by atoms with Crippen LogP contribution in [0, 0.1) is 6.92 Å². The molecule has 1 atom stereocenters. The largest absolute Gasteiger partial charge is 0.381 e. The van der Waals surface area contributed by atoms with E-state index in [9.17, 15) is 0 Å². The van der Waals surface area contributed by atoms with Crippen LogP contribution in [0.2, 0.25) is 5.02 Å². The maximum Gasteiger partial charge on any atom is 0.132 e. The first-order chi connectivity index (χ1) is 12.7. The van der Waals surface area contributed by atoms with Gasteiger partial charge in [-0.1, -0.05) is 23.7 Å². The molecule has 6 heteroatoms. The lowest BCUT2D eigenvalue weighted by molar-refractivity contribution is 0.193. The van der Waals surface area contributed by atoms with Gasteiger partial charge in [-0.05, 0) is 31.0 Å². The summed E-state index contributed by atoms with van der Waals surface area (Å²) in [5.74, 6) is 2.33. The van der Waals surface area contributed by atoms with Crippen molar-refractivity contribution in [1.82, 2.24) is 14.9 Å². The van der Waals surface area contributed by atoms with Gasteiger partial charge < -0.3 is 9.64 Å². The van der Waals surface area contributed by atoms with Crippen LogP contribution in [0.5, 0.6) is 0 Å². The van der Waals surface area contributed by atoms with E-state index in [2.05, 4.69) is 38.0 Å². The summed E-state index contributed by atoms with van der Waals surface area (Å²) in [5.41, 5.74) is 2.40. The number of anilines is 1. The Morgan fingerprint density at radius 3 is 2.73 bits per heavy atom. The molecule has 2 aliphatic heterocycles. The van der Waals surface area contributed by atoms with Crippen molar-refractivity contribution in [3.8, 4) is 0 Å². The fourth-order valence-corrected chi connectivity index (χ4v) is 3.95. The molecular weight excluding hydrogens is 348 g/mol. The van der Waals surface area contributed by atoms with Crippen LogP contribution in [0.4, 0.5) is 5.82 Å². The van der Waals surface area contributed by atoms with Crippen LogP contribution in [0.15, 0.2) is 30.3 Å². The number of rotatable bonds is 4. The second-order valence-electron chi connectivity index (χ2n) is 7.15. The third-order valence-electron chi connectivity index (χ3n) is 5.18. The Morgan fingerprint density at radius 1 is 1.15 bits per heavy atom. The van der Waals surface area contributed by atoms with Crippen molar-refractivity contribution in [2.24, 2.45) is 0 Å². The van der Waals surface area contributed by atoms with Crippen molar-refractivity contribution in [2.45, 2.75) is 25.8 Å². The molecule has 4 rings (SSSR count). The van der Waals surface area contributed by atoms with Crippen LogP contribution in [-0.2, 0) is 11.3 Å². The Balaban J connectivity index is 1.40. The molecule has 5 nitrogen and oxygen atoms in total. The molecule has 2 aliphatic rings. The molecule has 0 spiro atoms. The highest BCUT2D eigenvalue weighted by molar-refractivity contribution is 6.30. The Bertz CT molecular complexity index is 755. The van der Waals surface area contributed by atoms with E-state index >= 15 is 0 Å². The Hall–Kier alpha value is -1.69. The minimum absolute atomic E-state index is 0.416. The summed E-state index contributed by atoms with van der Waals surface area (Å²) in [7, 11) is 0. The van der Waals surface area contributed by atoms with Gasteiger partial charge in [0.1, 0.15) is 11.6 Å². The molecule has 2 fully saturated rings. The molecule has 0 N–H and O–H groups in total. The van der Waals surface area contributed by atoms with Crippen molar-refractivity contribution in [1.29, 1.82) is 0 Å². The molecule has 138 valence electrons. The Labute approximate surface area is 160 Å². The van der Waals surface area contributed by atoms with E-state index in [-0.39, 0.29) is 0 Å². The average molecular weight is 373 g/mol. The van der Waals surface area contributed by atoms with E-state index in [1.165, 1.54) is 5.56 Å². The zero-order valence-corrected chi connectivity index (χ0v) is 16.0. The molecule has 0 bridgehead atoms. The second kappa shape index (κ2) is 7.91. The molecule has 0 unspecified atom stereocenters. The van der Waals surface area contributed by atoms with Crippen LogP contribution in [-0.4, -0.2) is 54.3 Å². The third kappa shape index (κ3) is 4.17. The van der Waals surface area contributed by atoms with Gasteiger partial charge in [0, 0.05) is 56.3 Å². The smallest absolute Gasteiger partial charge is 0.132 e. The quantitative estimate of drug-likeness (QED) is 0.824. The van der Waals surface area contributed by atoms with Gasteiger partial charge in [0.2, 0.25) is 0 Å². The van der Waals surface area contributed by atoms with Crippen molar-refractivity contribution in [3.05, 3.63) is 52.4 Å². The monoisotopic (exact) mass is 372 g/mol.